The molecule has 3 atom stereocenters. The van der Waals surface area contributed by atoms with Crippen LogP contribution in [0.25, 0.3) is 0 Å². The molecule has 2 heterocycles. The van der Waals surface area contributed by atoms with Gasteiger partial charge in [-0.2, -0.15) is 0 Å². The Morgan fingerprint density at radius 3 is 2.88 bits per heavy atom. The molecule has 3 rings (SSSR count). The van der Waals surface area contributed by atoms with Crippen LogP contribution in [0.5, 0.6) is 0 Å². The molecule has 0 saturated carbocycles. The molecule has 0 spiro atoms. The van der Waals surface area contributed by atoms with E-state index in [4.69, 9.17) is 4.52 Å². The van der Waals surface area contributed by atoms with Crippen molar-refractivity contribution >= 4 is 8.45 Å². The molecule has 0 radical (unpaired) electrons. The van der Waals surface area contributed by atoms with Crippen LogP contribution in [-0.2, 0) is 10.1 Å². The smallest absolute Gasteiger partial charge is 0.186 e. The zero-order valence-corrected chi connectivity index (χ0v) is 11.3. The van der Waals surface area contributed by atoms with Gasteiger partial charge < -0.3 is 4.52 Å². The second-order valence-electron chi connectivity index (χ2n) is 4.88. The van der Waals surface area contributed by atoms with Gasteiger partial charge in [0.1, 0.15) is 5.60 Å². The first-order valence-corrected chi connectivity index (χ1v) is 7.45. The maximum Gasteiger partial charge on any atom is 0.186 e. The maximum atomic E-state index is 6.33. The van der Waals surface area contributed by atoms with Crippen molar-refractivity contribution in [3.63, 3.8) is 0 Å². The zero-order chi connectivity index (χ0) is 11.9. The third-order valence-corrected chi connectivity index (χ3v) is 5.79. The van der Waals surface area contributed by atoms with Crippen molar-refractivity contribution in [3.8, 4) is 0 Å². The molecule has 1 aromatic rings. The van der Waals surface area contributed by atoms with Gasteiger partial charge in [-0.05, 0) is 32.4 Å². The fourth-order valence-corrected chi connectivity index (χ4v) is 4.96. The van der Waals surface area contributed by atoms with Gasteiger partial charge in [0, 0.05) is 6.54 Å². The number of fused-ring (bicyclic) bond motifs is 1. The zero-order valence-electron chi connectivity index (χ0n) is 10.4. The average molecular weight is 250 g/mol. The normalized spacial score (nSPS) is 37.3. The molecule has 4 heteroatoms. The summed E-state index contributed by atoms with van der Waals surface area (Å²) in [7, 11) is 1.39. The Morgan fingerprint density at radius 1 is 1.41 bits per heavy atom. The van der Waals surface area contributed by atoms with E-state index in [1.54, 1.807) is 0 Å². The molecule has 0 aromatic heterocycles. The van der Waals surface area contributed by atoms with Gasteiger partial charge in [-0.1, -0.05) is 30.3 Å². The summed E-state index contributed by atoms with van der Waals surface area (Å²) >= 11 is 0. The third-order valence-electron chi connectivity index (χ3n) is 3.91. The number of benzene rings is 1. The van der Waals surface area contributed by atoms with Gasteiger partial charge in [0.2, 0.25) is 0 Å². The van der Waals surface area contributed by atoms with E-state index in [0.29, 0.717) is 6.04 Å². The first-order valence-electron chi connectivity index (χ1n) is 6.24. The SMILES string of the molecule is CN[P@]1O[C@](C)(c2ccccc2)[C@@H]2CCCN21. The van der Waals surface area contributed by atoms with Gasteiger partial charge in [-0.25, -0.2) is 4.67 Å². The number of hydrogen-bond donors (Lipinski definition) is 1. The molecule has 17 heavy (non-hydrogen) atoms. The first kappa shape index (κ1) is 11.6. The fraction of sp³-hybridized carbons (Fsp3) is 0.538. The monoisotopic (exact) mass is 250 g/mol. The Kier molecular flexibility index (Phi) is 2.95. The predicted octanol–water partition coefficient (Wildman–Crippen LogP) is 2.84. The van der Waals surface area contributed by atoms with Gasteiger partial charge >= 0.3 is 0 Å². The lowest BCUT2D eigenvalue weighted by molar-refractivity contribution is 0.0877. The number of nitrogens with zero attached hydrogens (tertiary/aromatic N) is 1. The minimum atomic E-state index is -0.611. The summed E-state index contributed by atoms with van der Waals surface area (Å²) in [6.07, 6.45) is 2.53. The summed E-state index contributed by atoms with van der Waals surface area (Å²) in [5.74, 6) is 0. The van der Waals surface area contributed by atoms with Crippen LogP contribution in [0.3, 0.4) is 0 Å². The molecule has 0 bridgehead atoms. The van der Waals surface area contributed by atoms with Crippen LogP contribution in [0, 0.1) is 0 Å². The lowest BCUT2D eigenvalue weighted by Crippen LogP contribution is -2.36. The minimum Gasteiger partial charge on any atom is -0.319 e. The van der Waals surface area contributed by atoms with Gasteiger partial charge in [0.05, 0.1) is 6.04 Å². The van der Waals surface area contributed by atoms with Crippen LogP contribution in [0.15, 0.2) is 30.3 Å². The number of nitrogens with one attached hydrogen (secondary N) is 1. The molecule has 1 N–H and O–H groups in total. The number of hydrogen-bond acceptors (Lipinski definition) is 3. The van der Waals surface area contributed by atoms with Crippen LogP contribution in [0.1, 0.15) is 25.3 Å². The molecule has 1 aromatic carbocycles. The summed E-state index contributed by atoms with van der Waals surface area (Å²) in [4.78, 5) is 0. The summed E-state index contributed by atoms with van der Waals surface area (Å²) in [5, 5.41) is 3.33. The van der Waals surface area contributed by atoms with Gasteiger partial charge in [0.25, 0.3) is 0 Å². The Labute approximate surface area is 104 Å². The van der Waals surface area contributed by atoms with E-state index < -0.39 is 8.45 Å². The molecule has 2 fully saturated rings. The van der Waals surface area contributed by atoms with Gasteiger partial charge in [-0.15, -0.1) is 0 Å². The second-order valence-corrected chi connectivity index (χ2v) is 6.57. The lowest BCUT2D eigenvalue weighted by Gasteiger charge is -2.29. The topological polar surface area (TPSA) is 24.5 Å². The molecule has 0 amide bonds. The minimum absolute atomic E-state index is 0.146. The van der Waals surface area contributed by atoms with E-state index in [0.717, 1.165) is 0 Å². The van der Waals surface area contributed by atoms with E-state index in [9.17, 15) is 0 Å². The number of rotatable bonds is 2. The highest BCUT2D eigenvalue weighted by Gasteiger charge is 2.53. The molecule has 2 aliphatic heterocycles. The van der Waals surface area contributed by atoms with E-state index >= 15 is 0 Å². The van der Waals surface area contributed by atoms with Crippen molar-refractivity contribution in [2.45, 2.75) is 31.4 Å². The molecule has 2 saturated heterocycles. The fourth-order valence-electron chi connectivity index (χ4n) is 3.01. The Hall–Kier alpha value is -0.470. The highest BCUT2D eigenvalue weighted by Crippen LogP contribution is 2.59. The second kappa shape index (κ2) is 4.33. The highest BCUT2D eigenvalue weighted by molar-refractivity contribution is 7.48. The average Bonchev–Trinajstić information content (AvgIpc) is 2.94. The molecular formula is C13H19N2OP. The molecule has 92 valence electrons. The van der Waals surface area contributed by atoms with E-state index in [-0.39, 0.29) is 5.60 Å². The van der Waals surface area contributed by atoms with Crippen LogP contribution in [-0.4, -0.2) is 24.3 Å². The molecular weight excluding hydrogens is 231 g/mol. The standard InChI is InChI=1S/C13H19N2OP/c1-13(11-7-4-3-5-8-11)12-9-6-10-15(12)17(14-2)16-13/h3-5,7-8,12,14H,6,9-10H2,1-2H3/t12-,13+,17-/m0/s1. The van der Waals surface area contributed by atoms with Crippen LogP contribution >= 0.6 is 8.45 Å². The van der Waals surface area contributed by atoms with E-state index in [1.165, 1.54) is 24.9 Å². The van der Waals surface area contributed by atoms with Crippen molar-refractivity contribution in [2.75, 3.05) is 13.6 Å². The van der Waals surface area contributed by atoms with Crippen molar-refractivity contribution in [1.82, 2.24) is 9.76 Å². The Morgan fingerprint density at radius 2 is 2.18 bits per heavy atom. The summed E-state index contributed by atoms with van der Waals surface area (Å²) in [6.45, 7) is 3.41. The maximum absolute atomic E-state index is 6.33. The highest BCUT2D eigenvalue weighted by atomic mass is 31.2. The van der Waals surface area contributed by atoms with Crippen LogP contribution in [0.4, 0.5) is 0 Å². The summed E-state index contributed by atoms with van der Waals surface area (Å²) in [6, 6.07) is 11.2. The van der Waals surface area contributed by atoms with Crippen molar-refractivity contribution < 1.29 is 4.52 Å². The predicted molar refractivity (Wildman–Crippen MR) is 70.6 cm³/mol. The molecule has 3 nitrogen and oxygen atoms in total. The Balaban J connectivity index is 1.97. The first-order chi connectivity index (χ1) is 8.25. The largest absolute Gasteiger partial charge is 0.319 e. The molecule has 0 unspecified atom stereocenters. The van der Waals surface area contributed by atoms with Crippen molar-refractivity contribution in [2.24, 2.45) is 0 Å². The van der Waals surface area contributed by atoms with Crippen LogP contribution < -0.4 is 5.09 Å². The Bertz CT molecular complexity index is 400. The molecule has 2 aliphatic rings. The lowest BCUT2D eigenvalue weighted by atomic mass is 9.87. The third kappa shape index (κ3) is 1.73. The van der Waals surface area contributed by atoms with Crippen molar-refractivity contribution in [1.29, 1.82) is 0 Å². The molecule has 0 aliphatic carbocycles. The summed E-state index contributed by atoms with van der Waals surface area (Å²) < 4.78 is 8.85. The van der Waals surface area contributed by atoms with Gasteiger partial charge in [0.15, 0.2) is 8.45 Å². The summed E-state index contributed by atoms with van der Waals surface area (Å²) in [5.41, 5.74) is 1.16. The van der Waals surface area contributed by atoms with E-state index in [2.05, 4.69) is 47.0 Å². The quantitative estimate of drug-likeness (QED) is 0.817. The van der Waals surface area contributed by atoms with Crippen LogP contribution in [0.2, 0.25) is 0 Å². The van der Waals surface area contributed by atoms with Crippen molar-refractivity contribution in [3.05, 3.63) is 35.9 Å². The van der Waals surface area contributed by atoms with Gasteiger partial charge in [-0.3, -0.25) is 5.09 Å². The van der Waals surface area contributed by atoms with E-state index in [1.807, 2.05) is 7.05 Å².